The van der Waals surface area contributed by atoms with E-state index in [2.05, 4.69) is 5.32 Å². The smallest absolute Gasteiger partial charge is 0.308 e. The number of esters is 1. The zero-order valence-electron chi connectivity index (χ0n) is 17.9. The van der Waals surface area contributed by atoms with Gasteiger partial charge in [-0.2, -0.15) is 0 Å². The molecule has 3 aromatic rings. The molecular formula is C24H20N2O6S. The molecule has 1 N–H and O–H groups in total. The van der Waals surface area contributed by atoms with E-state index < -0.39 is 18.0 Å². The summed E-state index contributed by atoms with van der Waals surface area (Å²) < 4.78 is 6.66. The molecule has 0 fully saturated rings. The molecule has 0 aliphatic heterocycles. The number of aromatic nitrogens is 1. The van der Waals surface area contributed by atoms with Crippen molar-refractivity contribution in [2.75, 3.05) is 5.32 Å². The fraction of sp³-hybridized carbons (Fsp3) is 0.208. The van der Waals surface area contributed by atoms with Gasteiger partial charge in [0, 0.05) is 34.3 Å². The maximum atomic E-state index is 13.0. The minimum absolute atomic E-state index is 0.0698. The number of carbonyl (C=O) groups is 4. The Morgan fingerprint density at radius 1 is 1.00 bits per heavy atom. The summed E-state index contributed by atoms with van der Waals surface area (Å²) in [6, 6.07) is 11.2. The second-order valence-corrected chi connectivity index (χ2v) is 8.42. The molecule has 0 radical (unpaired) electrons. The predicted octanol–water partition coefficient (Wildman–Crippen LogP) is 2.95. The van der Waals surface area contributed by atoms with Crippen molar-refractivity contribution in [2.45, 2.75) is 32.9 Å². The first-order valence-electron chi connectivity index (χ1n) is 10.2. The lowest BCUT2D eigenvalue weighted by atomic mass is 9.83. The van der Waals surface area contributed by atoms with Crippen molar-refractivity contribution in [3.63, 3.8) is 0 Å². The molecule has 1 aliphatic rings. The number of amides is 1. The number of thiazole rings is 1. The van der Waals surface area contributed by atoms with Gasteiger partial charge in [0.15, 0.2) is 17.7 Å². The maximum absolute atomic E-state index is 13.0. The van der Waals surface area contributed by atoms with Crippen LogP contribution in [0.2, 0.25) is 0 Å². The topological polar surface area (TPSA) is 112 Å². The fourth-order valence-corrected chi connectivity index (χ4v) is 4.43. The van der Waals surface area contributed by atoms with Gasteiger partial charge in [-0.05, 0) is 19.9 Å². The summed E-state index contributed by atoms with van der Waals surface area (Å²) in [7, 11) is 0. The first-order chi connectivity index (χ1) is 15.8. The third-order valence-electron chi connectivity index (χ3n) is 5.40. The van der Waals surface area contributed by atoms with Crippen LogP contribution >= 0.6 is 11.3 Å². The van der Waals surface area contributed by atoms with Gasteiger partial charge in [-0.1, -0.05) is 47.7 Å². The summed E-state index contributed by atoms with van der Waals surface area (Å²) in [5.41, 5.74) is 1.83. The Hall–Kier alpha value is -3.85. The zero-order chi connectivity index (χ0) is 23.7. The number of hydrogen-bond acceptors (Lipinski definition) is 7. The summed E-state index contributed by atoms with van der Waals surface area (Å²) >= 11 is 1.05. The number of carbonyl (C=O) groups excluding carboxylic acids is 4. The highest BCUT2D eigenvalue weighted by Crippen LogP contribution is 2.32. The van der Waals surface area contributed by atoms with E-state index in [9.17, 15) is 24.0 Å². The molecule has 168 valence electrons. The van der Waals surface area contributed by atoms with Crippen LogP contribution in [0.1, 0.15) is 50.9 Å². The van der Waals surface area contributed by atoms with Crippen LogP contribution in [0.3, 0.4) is 0 Å². The third-order valence-corrected chi connectivity index (χ3v) is 6.28. The SMILES string of the molecule is Cc1csc(=O)n1CCC(=O)OC(C)C(=O)Nc1cccc2c1C(=O)c1ccccc1C2=O. The number of fused-ring (bicyclic) bond motifs is 2. The minimum atomic E-state index is -1.14. The monoisotopic (exact) mass is 464 g/mol. The number of rotatable bonds is 6. The number of ether oxygens (including phenoxy) is 1. The van der Waals surface area contributed by atoms with Crippen molar-refractivity contribution < 1.29 is 23.9 Å². The van der Waals surface area contributed by atoms with Crippen LogP contribution in [-0.4, -0.2) is 34.1 Å². The Kier molecular flexibility index (Phi) is 6.06. The van der Waals surface area contributed by atoms with Crippen molar-refractivity contribution >= 4 is 40.5 Å². The molecule has 33 heavy (non-hydrogen) atoms. The molecule has 0 saturated carbocycles. The van der Waals surface area contributed by atoms with Crippen molar-refractivity contribution in [3.8, 4) is 0 Å². The van der Waals surface area contributed by atoms with Gasteiger partial charge in [0.1, 0.15) is 0 Å². The van der Waals surface area contributed by atoms with E-state index in [-0.39, 0.29) is 51.8 Å². The molecule has 1 unspecified atom stereocenters. The van der Waals surface area contributed by atoms with Crippen molar-refractivity contribution in [1.82, 2.24) is 4.57 Å². The molecule has 0 saturated heterocycles. The molecule has 2 aromatic carbocycles. The van der Waals surface area contributed by atoms with E-state index in [0.717, 1.165) is 17.0 Å². The number of hydrogen-bond donors (Lipinski definition) is 1. The lowest BCUT2D eigenvalue weighted by Crippen LogP contribution is -2.32. The average Bonchev–Trinajstić information content (AvgIpc) is 3.13. The normalized spacial score (nSPS) is 13.2. The Bertz CT molecular complexity index is 1350. The Morgan fingerprint density at radius 2 is 1.67 bits per heavy atom. The number of aryl methyl sites for hydroxylation is 1. The molecule has 1 heterocycles. The Labute approximate surface area is 192 Å². The van der Waals surface area contributed by atoms with Crippen LogP contribution in [0.25, 0.3) is 0 Å². The van der Waals surface area contributed by atoms with Crippen LogP contribution in [0.5, 0.6) is 0 Å². The molecular weight excluding hydrogens is 444 g/mol. The summed E-state index contributed by atoms with van der Waals surface area (Å²) in [6.45, 7) is 3.33. The summed E-state index contributed by atoms with van der Waals surface area (Å²) in [5.74, 6) is -1.93. The van der Waals surface area contributed by atoms with Crippen LogP contribution in [0.4, 0.5) is 5.69 Å². The van der Waals surface area contributed by atoms with Gasteiger partial charge >= 0.3 is 10.8 Å². The zero-order valence-corrected chi connectivity index (χ0v) is 18.7. The summed E-state index contributed by atoms with van der Waals surface area (Å²) in [4.78, 5) is 62.3. The third kappa shape index (κ3) is 4.27. The molecule has 9 heteroatoms. The van der Waals surface area contributed by atoms with Gasteiger partial charge in [-0.25, -0.2) is 0 Å². The number of nitrogens with zero attached hydrogens (tertiary/aromatic N) is 1. The van der Waals surface area contributed by atoms with Gasteiger partial charge in [0.25, 0.3) is 5.91 Å². The maximum Gasteiger partial charge on any atom is 0.308 e. The molecule has 1 aliphatic carbocycles. The van der Waals surface area contributed by atoms with Crippen LogP contribution < -0.4 is 10.2 Å². The van der Waals surface area contributed by atoms with Gasteiger partial charge in [0.2, 0.25) is 0 Å². The van der Waals surface area contributed by atoms with E-state index in [4.69, 9.17) is 4.74 Å². The van der Waals surface area contributed by atoms with Gasteiger partial charge in [0.05, 0.1) is 17.7 Å². The van der Waals surface area contributed by atoms with Crippen molar-refractivity contribution in [3.05, 3.63) is 85.5 Å². The largest absolute Gasteiger partial charge is 0.452 e. The number of nitrogens with one attached hydrogen (secondary N) is 1. The van der Waals surface area contributed by atoms with Crippen LogP contribution in [-0.2, 0) is 20.9 Å². The van der Waals surface area contributed by atoms with Gasteiger partial charge < -0.3 is 14.6 Å². The van der Waals surface area contributed by atoms with E-state index >= 15 is 0 Å². The van der Waals surface area contributed by atoms with E-state index in [1.165, 1.54) is 17.6 Å². The fourth-order valence-electron chi connectivity index (χ4n) is 3.67. The quantitative estimate of drug-likeness (QED) is 0.439. The average molecular weight is 464 g/mol. The Balaban J connectivity index is 1.46. The Morgan fingerprint density at radius 3 is 2.33 bits per heavy atom. The molecule has 0 spiro atoms. The molecule has 1 aromatic heterocycles. The highest BCUT2D eigenvalue weighted by molar-refractivity contribution is 7.07. The number of anilines is 1. The first-order valence-corrected chi connectivity index (χ1v) is 11.1. The lowest BCUT2D eigenvalue weighted by Gasteiger charge is -2.21. The van der Waals surface area contributed by atoms with Gasteiger partial charge in [-0.15, -0.1) is 0 Å². The second kappa shape index (κ2) is 8.95. The molecule has 8 nitrogen and oxygen atoms in total. The van der Waals surface area contributed by atoms with Crippen LogP contribution in [0.15, 0.2) is 52.6 Å². The molecule has 1 atom stereocenters. The predicted molar refractivity (Wildman–Crippen MR) is 122 cm³/mol. The molecule has 1 amide bonds. The highest BCUT2D eigenvalue weighted by Gasteiger charge is 2.32. The highest BCUT2D eigenvalue weighted by atomic mass is 32.1. The van der Waals surface area contributed by atoms with Gasteiger partial charge in [-0.3, -0.25) is 24.0 Å². The van der Waals surface area contributed by atoms with Crippen LogP contribution in [0, 0.1) is 6.92 Å². The second-order valence-electron chi connectivity index (χ2n) is 7.60. The number of benzene rings is 2. The van der Waals surface area contributed by atoms with E-state index in [1.807, 2.05) is 0 Å². The lowest BCUT2D eigenvalue weighted by molar-refractivity contribution is -0.153. The minimum Gasteiger partial charge on any atom is -0.452 e. The summed E-state index contributed by atoms with van der Waals surface area (Å²) in [6.07, 6.45) is -1.21. The van der Waals surface area contributed by atoms with Crippen molar-refractivity contribution in [2.24, 2.45) is 0 Å². The van der Waals surface area contributed by atoms with E-state index in [0.29, 0.717) is 5.56 Å². The number of ketones is 2. The standard InChI is InChI=1S/C24H20N2O6S/c1-13-12-33-24(31)26(13)11-10-19(27)32-14(2)23(30)25-18-9-5-8-17-20(18)22(29)16-7-4-3-6-15(16)21(17)28/h3-9,12,14H,10-11H2,1-2H3,(H,25,30). The first kappa shape index (κ1) is 22.3. The van der Waals surface area contributed by atoms with Crippen molar-refractivity contribution in [1.29, 1.82) is 0 Å². The molecule has 0 bridgehead atoms. The summed E-state index contributed by atoms with van der Waals surface area (Å²) in [5, 5.41) is 4.31. The van der Waals surface area contributed by atoms with E-state index in [1.54, 1.807) is 48.7 Å². The molecule has 4 rings (SSSR count).